The lowest BCUT2D eigenvalue weighted by molar-refractivity contribution is 0.411. The zero-order valence-electron chi connectivity index (χ0n) is 11.4. The normalized spacial score (nSPS) is 17.6. The molecule has 1 aliphatic rings. The number of hydrogen-bond donors (Lipinski definition) is 1. The van der Waals surface area contributed by atoms with Gasteiger partial charge in [0.05, 0.1) is 12.8 Å². The molecule has 0 spiro atoms. The van der Waals surface area contributed by atoms with Gasteiger partial charge in [-0.15, -0.1) is 0 Å². The average Bonchev–Trinajstić information content (AvgIpc) is 2.26. The number of benzene rings is 1. The van der Waals surface area contributed by atoms with Gasteiger partial charge in [0.1, 0.15) is 11.4 Å². The first kappa shape index (κ1) is 12.1. The molecule has 1 aromatic rings. The summed E-state index contributed by atoms with van der Waals surface area (Å²) in [6.07, 6.45) is 0. The van der Waals surface area contributed by atoms with E-state index < -0.39 is 0 Å². The molecular weight excluding hydrogens is 212 g/mol. The first-order chi connectivity index (χ1) is 7.94. The van der Waals surface area contributed by atoms with E-state index in [4.69, 9.17) is 4.74 Å². The van der Waals surface area contributed by atoms with Crippen LogP contribution < -0.4 is 15.0 Å². The average molecular weight is 234 g/mol. The van der Waals surface area contributed by atoms with Gasteiger partial charge in [-0.1, -0.05) is 6.07 Å². The summed E-state index contributed by atoms with van der Waals surface area (Å²) in [6.45, 7) is 9.90. The van der Waals surface area contributed by atoms with Crippen molar-refractivity contribution in [1.29, 1.82) is 0 Å². The number of anilines is 2. The highest BCUT2D eigenvalue weighted by Crippen LogP contribution is 2.41. The number of ether oxygens (including phenoxy) is 1. The van der Waals surface area contributed by atoms with E-state index in [-0.39, 0.29) is 5.54 Å². The monoisotopic (exact) mass is 234 g/mol. The summed E-state index contributed by atoms with van der Waals surface area (Å²) in [5.41, 5.74) is 2.41. The minimum atomic E-state index is 0.0614. The van der Waals surface area contributed by atoms with Gasteiger partial charge >= 0.3 is 0 Å². The molecule has 3 nitrogen and oxygen atoms in total. The summed E-state index contributed by atoms with van der Waals surface area (Å²) < 4.78 is 5.44. The number of nitrogens with one attached hydrogen (secondary N) is 1. The Morgan fingerprint density at radius 1 is 1.35 bits per heavy atom. The molecule has 17 heavy (non-hydrogen) atoms. The molecule has 3 heteroatoms. The molecule has 1 heterocycles. The Labute approximate surface area is 104 Å². The van der Waals surface area contributed by atoms with Crippen LogP contribution in [0, 0.1) is 0 Å². The summed E-state index contributed by atoms with van der Waals surface area (Å²) >= 11 is 0. The number of fused-ring (bicyclic) bond motifs is 1. The Morgan fingerprint density at radius 2 is 2.06 bits per heavy atom. The van der Waals surface area contributed by atoms with Gasteiger partial charge in [-0.3, -0.25) is 0 Å². The molecule has 0 amide bonds. The van der Waals surface area contributed by atoms with E-state index in [0.717, 1.165) is 18.0 Å². The molecule has 0 radical (unpaired) electrons. The zero-order chi connectivity index (χ0) is 12.6. The van der Waals surface area contributed by atoms with Gasteiger partial charge in [0.25, 0.3) is 0 Å². The smallest absolute Gasteiger partial charge is 0.144 e. The minimum absolute atomic E-state index is 0.0614. The van der Waals surface area contributed by atoms with Crippen LogP contribution in [0.25, 0.3) is 0 Å². The maximum absolute atomic E-state index is 5.44. The Kier molecular flexibility index (Phi) is 2.94. The predicted octanol–water partition coefficient (Wildman–Crippen LogP) is 3.11. The fraction of sp³-hybridized carbons (Fsp3) is 0.571. The fourth-order valence-electron chi connectivity index (χ4n) is 2.40. The van der Waals surface area contributed by atoms with Crippen molar-refractivity contribution in [3.63, 3.8) is 0 Å². The number of para-hydroxylation sites is 1. The van der Waals surface area contributed by atoms with E-state index in [1.807, 2.05) is 12.1 Å². The number of rotatable bonds is 2. The molecule has 0 aromatic heterocycles. The summed E-state index contributed by atoms with van der Waals surface area (Å²) in [4.78, 5) is 2.42. The molecule has 1 aromatic carbocycles. The molecule has 0 saturated heterocycles. The summed E-state index contributed by atoms with van der Waals surface area (Å²) in [5, 5.41) is 3.57. The minimum Gasteiger partial charge on any atom is -0.495 e. The lowest BCUT2D eigenvalue weighted by atomic mass is 9.98. The molecule has 0 unspecified atom stereocenters. The zero-order valence-corrected chi connectivity index (χ0v) is 11.4. The van der Waals surface area contributed by atoms with Crippen LogP contribution in [-0.2, 0) is 0 Å². The summed E-state index contributed by atoms with van der Waals surface area (Å²) in [7, 11) is 1.72. The molecule has 1 aliphatic heterocycles. The molecule has 0 saturated carbocycles. The van der Waals surface area contributed by atoms with Gasteiger partial charge in [-0.2, -0.15) is 0 Å². The number of nitrogens with zero attached hydrogens (tertiary/aromatic N) is 1. The van der Waals surface area contributed by atoms with Crippen molar-refractivity contribution >= 4 is 11.4 Å². The van der Waals surface area contributed by atoms with Crippen LogP contribution in [-0.4, -0.2) is 25.2 Å². The van der Waals surface area contributed by atoms with E-state index in [0.29, 0.717) is 6.04 Å². The van der Waals surface area contributed by atoms with Gasteiger partial charge in [-0.05, 0) is 39.8 Å². The third kappa shape index (κ3) is 2.19. The van der Waals surface area contributed by atoms with Crippen molar-refractivity contribution in [2.24, 2.45) is 0 Å². The van der Waals surface area contributed by atoms with Crippen LogP contribution in [0.5, 0.6) is 5.75 Å². The molecule has 0 fully saturated rings. The highest BCUT2D eigenvalue weighted by Gasteiger charge is 2.32. The Bertz CT molecular complexity index is 413. The van der Waals surface area contributed by atoms with Crippen molar-refractivity contribution in [1.82, 2.24) is 0 Å². The molecule has 0 bridgehead atoms. The highest BCUT2D eigenvalue weighted by molar-refractivity contribution is 5.79. The van der Waals surface area contributed by atoms with E-state index in [1.54, 1.807) is 7.11 Å². The lowest BCUT2D eigenvalue weighted by Crippen LogP contribution is -2.50. The van der Waals surface area contributed by atoms with Crippen LogP contribution in [0.3, 0.4) is 0 Å². The fourth-order valence-corrected chi connectivity index (χ4v) is 2.40. The first-order valence-electron chi connectivity index (χ1n) is 6.16. The van der Waals surface area contributed by atoms with Crippen LogP contribution in [0.1, 0.15) is 27.7 Å². The van der Waals surface area contributed by atoms with E-state index in [1.165, 1.54) is 5.69 Å². The van der Waals surface area contributed by atoms with Crippen LogP contribution in [0.15, 0.2) is 18.2 Å². The maximum Gasteiger partial charge on any atom is 0.144 e. The van der Waals surface area contributed by atoms with Crippen molar-refractivity contribution < 1.29 is 4.74 Å². The third-order valence-electron chi connectivity index (χ3n) is 3.19. The van der Waals surface area contributed by atoms with Crippen molar-refractivity contribution in [2.45, 2.75) is 39.3 Å². The van der Waals surface area contributed by atoms with Gasteiger partial charge in [0, 0.05) is 18.1 Å². The van der Waals surface area contributed by atoms with Gasteiger partial charge < -0.3 is 15.0 Å². The highest BCUT2D eigenvalue weighted by atomic mass is 16.5. The third-order valence-corrected chi connectivity index (χ3v) is 3.19. The Balaban J connectivity index is 2.52. The van der Waals surface area contributed by atoms with Crippen LogP contribution >= 0.6 is 0 Å². The SMILES string of the molecule is COc1cccc2c1NC(C)(C)CN2C(C)C. The summed E-state index contributed by atoms with van der Waals surface area (Å²) in [5.74, 6) is 0.918. The predicted molar refractivity (Wildman–Crippen MR) is 73.2 cm³/mol. The van der Waals surface area contributed by atoms with Crippen LogP contribution in [0.2, 0.25) is 0 Å². The van der Waals surface area contributed by atoms with Crippen molar-refractivity contribution in [3.05, 3.63) is 18.2 Å². The molecule has 2 rings (SSSR count). The van der Waals surface area contributed by atoms with Gasteiger partial charge in [0.15, 0.2) is 0 Å². The second-order valence-electron chi connectivity index (χ2n) is 5.58. The van der Waals surface area contributed by atoms with Crippen molar-refractivity contribution in [3.8, 4) is 5.75 Å². The molecular formula is C14H22N2O. The topological polar surface area (TPSA) is 24.5 Å². The van der Waals surface area contributed by atoms with Crippen LogP contribution in [0.4, 0.5) is 11.4 Å². The Hall–Kier alpha value is -1.38. The van der Waals surface area contributed by atoms with E-state index in [9.17, 15) is 0 Å². The van der Waals surface area contributed by atoms with E-state index in [2.05, 4.69) is 44.0 Å². The second kappa shape index (κ2) is 4.13. The molecule has 0 atom stereocenters. The summed E-state index contributed by atoms with van der Waals surface area (Å²) in [6, 6.07) is 6.70. The Morgan fingerprint density at radius 3 is 2.65 bits per heavy atom. The number of methoxy groups -OCH3 is 1. The van der Waals surface area contributed by atoms with Gasteiger partial charge in [-0.25, -0.2) is 0 Å². The molecule has 94 valence electrons. The maximum atomic E-state index is 5.44. The number of hydrogen-bond acceptors (Lipinski definition) is 3. The van der Waals surface area contributed by atoms with Gasteiger partial charge in [0.2, 0.25) is 0 Å². The molecule has 0 aliphatic carbocycles. The first-order valence-corrected chi connectivity index (χ1v) is 6.16. The van der Waals surface area contributed by atoms with Crippen molar-refractivity contribution in [2.75, 3.05) is 23.9 Å². The molecule has 1 N–H and O–H groups in total. The largest absolute Gasteiger partial charge is 0.495 e. The second-order valence-corrected chi connectivity index (χ2v) is 5.58. The lowest BCUT2D eigenvalue weighted by Gasteiger charge is -2.44. The standard InChI is InChI=1S/C14H22N2O/c1-10(2)16-9-14(3,4)15-13-11(16)7-6-8-12(13)17-5/h6-8,10,15H,9H2,1-5H3. The van der Waals surface area contributed by atoms with E-state index >= 15 is 0 Å². The quantitative estimate of drug-likeness (QED) is 0.851.